The number of hydrogen-bond donors (Lipinski definition) is 1. The lowest BCUT2D eigenvalue weighted by atomic mass is 10.0. The second kappa shape index (κ2) is 3.16. The van der Waals surface area contributed by atoms with Gasteiger partial charge < -0.3 is 9.84 Å². The number of halogens is 1. The topological polar surface area (TPSA) is 29.5 Å². The van der Waals surface area contributed by atoms with Crippen molar-refractivity contribution < 1.29 is 9.84 Å². The van der Waals surface area contributed by atoms with E-state index in [0.29, 0.717) is 6.61 Å². The normalized spacial score (nSPS) is 36.7. The molecule has 1 saturated heterocycles. The highest BCUT2D eigenvalue weighted by Gasteiger charge is 2.28. The van der Waals surface area contributed by atoms with E-state index in [1.54, 1.807) is 0 Å². The Bertz CT molecular complexity index is 89.1. The lowest BCUT2D eigenvalue weighted by Crippen LogP contribution is -2.34. The van der Waals surface area contributed by atoms with Crippen LogP contribution in [0.3, 0.4) is 0 Å². The van der Waals surface area contributed by atoms with E-state index in [2.05, 4.69) is 22.6 Å². The second-order valence-corrected chi connectivity index (χ2v) is 4.61. The van der Waals surface area contributed by atoms with Crippen molar-refractivity contribution in [3.8, 4) is 0 Å². The standard InChI is InChI=1S/C6H10IO2/c7-6(4-8)2-1-3-9-5-6/h3,8H,1-2,4-5H2. The van der Waals surface area contributed by atoms with Gasteiger partial charge in [-0.1, -0.05) is 22.6 Å². The first-order chi connectivity index (χ1) is 4.27. The van der Waals surface area contributed by atoms with Gasteiger partial charge in [-0.25, -0.2) is 0 Å². The predicted octanol–water partition coefficient (Wildman–Crippen LogP) is 1.12. The zero-order valence-corrected chi connectivity index (χ0v) is 7.30. The molecule has 0 aromatic heterocycles. The Labute approximate surface area is 68.7 Å². The van der Waals surface area contributed by atoms with E-state index in [1.807, 2.05) is 6.61 Å². The van der Waals surface area contributed by atoms with Crippen LogP contribution in [0.15, 0.2) is 0 Å². The quantitative estimate of drug-likeness (QED) is 0.550. The van der Waals surface area contributed by atoms with Crippen LogP contribution in [0.1, 0.15) is 12.8 Å². The maximum Gasteiger partial charge on any atom is 0.0837 e. The maximum atomic E-state index is 8.85. The molecule has 1 aliphatic heterocycles. The van der Waals surface area contributed by atoms with Crippen molar-refractivity contribution >= 4 is 22.6 Å². The number of rotatable bonds is 1. The maximum absolute atomic E-state index is 8.85. The predicted molar refractivity (Wildman–Crippen MR) is 43.3 cm³/mol. The molecule has 1 unspecified atom stereocenters. The van der Waals surface area contributed by atoms with Crippen molar-refractivity contribution in [3.63, 3.8) is 0 Å². The van der Waals surface area contributed by atoms with Crippen LogP contribution in [0.5, 0.6) is 0 Å². The molecular formula is C6H10IO2. The minimum absolute atomic E-state index is 0.00743. The fraction of sp³-hybridized carbons (Fsp3) is 0.833. The van der Waals surface area contributed by atoms with Gasteiger partial charge in [0.1, 0.15) is 0 Å². The molecule has 1 aliphatic rings. The lowest BCUT2D eigenvalue weighted by molar-refractivity contribution is 0.0975. The van der Waals surface area contributed by atoms with Crippen LogP contribution in [0.25, 0.3) is 0 Å². The minimum atomic E-state index is -0.00743. The van der Waals surface area contributed by atoms with Gasteiger partial charge in [0, 0.05) is 0 Å². The number of ether oxygens (including phenoxy) is 1. The molecule has 0 aromatic carbocycles. The summed E-state index contributed by atoms with van der Waals surface area (Å²) in [5.41, 5.74) is 0. The highest BCUT2D eigenvalue weighted by atomic mass is 127. The fourth-order valence-electron chi connectivity index (χ4n) is 0.806. The molecule has 0 aliphatic carbocycles. The second-order valence-electron chi connectivity index (χ2n) is 2.33. The highest BCUT2D eigenvalue weighted by molar-refractivity contribution is 14.1. The number of aliphatic hydroxyl groups excluding tert-OH is 1. The molecule has 1 atom stereocenters. The van der Waals surface area contributed by atoms with Gasteiger partial charge in [0.05, 0.1) is 23.2 Å². The third-order valence-electron chi connectivity index (χ3n) is 1.45. The molecule has 0 aromatic rings. The molecule has 1 N–H and O–H groups in total. The molecule has 1 radical (unpaired) electrons. The molecular weight excluding hydrogens is 231 g/mol. The SMILES string of the molecule is OCC1(I)CC[CH]OC1. The molecule has 1 fully saturated rings. The number of aliphatic hydroxyl groups is 1. The van der Waals surface area contributed by atoms with Crippen LogP contribution in [-0.2, 0) is 4.74 Å². The summed E-state index contributed by atoms with van der Waals surface area (Å²) >= 11 is 2.26. The van der Waals surface area contributed by atoms with E-state index in [4.69, 9.17) is 9.84 Å². The van der Waals surface area contributed by atoms with Crippen molar-refractivity contribution in [3.05, 3.63) is 6.61 Å². The van der Waals surface area contributed by atoms with Crippen molar-refractivity contribution in [2.45, 2.75) is 16.3 Å². The lowest BCUT2D eigenvalue weighted by Gasteiger charge is -2.28. The monoisotopic (exact) mass is 241 g/mol. The third kappa shape index (κ3) is 2.05. The van der Waals surface area contributed by atoms with E-state index >= 15 is 0 Å². The van der Waals surface area contributed by atoms with Crippen molar-refractivity contribution in [2.75, 3.05) is 13.2 Å². The van der Waals surface area contributed by atoms with Gasteiger partial charge in [-0.05, 0) is 12.8 Å². The van der Waals surface area contributed by atoms with Crippen LogP contribution in [0.2, 0.25) is 0 Å². The first kappa shape index (κ1) is 7.75. The summed E-state index contributed by atoms with van der Waals surface area (Å²) in [5.74, 6) is 0. The molecule has 3 heteroatoms. The first-order valence-electron chi connectivity index (χ1n) is 3.00. The molecule has 2 nitrogen and oxygen atoms in total. The Morgan fingerprint density at radius 3 is 2.89 bits per heavy atom. The zero-order chi connectivity index (χ0) is 6.74. The van der Waals surface area contributed by atoms with Crippen LogP contribution in [0.4, 0.5) is 0 Å². The summed E-state index contributed by atoms with van der Waals surface area (Å²) in [4.78, 5) is 0. The largest absolute Gasteiger partial charge is 0.395 e. The number of alkyl halides is 1. The summed E-state index contributed by atoms with van der Waals surface area (Å²) < 4.78 is 5.08. The molecule has 0 amide bonds. The molecule has 0 bridgehead atoms. The van der Waals surface area contributed by atoms with Gasteiger partial charge >= 0.3 is 0 Å². The van der Waals surface area contributed by atoms with E-state index in [1.165, 1.54) is 0 Å². The van der Waals surface area contributed by atoms with E-state index in [9.17, 15) is 0 Å². The Kier molecular flexibility index (Phi) is 2.73. The summed E-state index contributed by atoms with van der Waals surface area (Å²) in [6.07, 6.45) is 1.99. The summed E-state index contributed by atoms with van der Waals surface area (Å²) in [5, 5.41) is 8.85. The van der Waals surface area contributed by atoms with Crippen LogP contribution in [-0.4, -0.2) is 21.7 Å². The van der Waals surface area contributed by atoms with Crippen molar-refractivity contribution in [1.29, 1.82) is 0 Å². The Morgan fingerprint density at radius 1 is 1.78 bits per heavy atom. The van der Waals surface area contributed by atoms with Gasteiger partial charge in [-0.2, -0.15) is 0 Å². The molecule has 9 heavy (non-hydrogen) atoms. The third-order valence-corrected chi connectivity index (χ3v) is 2.65. The smallest absolute Gasteiger partial charge is 0.0837 e. The average molecular weight is 241 g/mol. The van der Waals surface area contributed by atoms with Gasteiger partial charge in [0.2, 0.25) is 0 Å². The molecule has 0 spiro atoms. The van der Waals surface area contributed by atoms with Crippen LogP contribution < -0.4 is 0 Å². The van der Waals surface area contributed by atoms with Gasteiger partial charge in [0.15, 0.2) is 0 Å². The minimum Gasteiger partial charge on any atom is -0.395 e. The summed E-state index contributed by atoms with van der Waals surface area (Å²) in [7, 11) is 0. The van der Waals surface area contributed by atoms with Crippen molar-refractivity contribution in [2.24, 2.45) is 0 Å². The Morgan fingerprint density at radius 2 is 2.56 bits per heavy atom. The van der Waals surface area contributed by atoms with Gasteiger partial charge in [-0.15, -0.1) is 0 Å². The molecule has 1 rings (SSSR count). The van der Waals surface area contributed by atoms with E-state index in [0.717, 1.165) is 12.8 Å². The summed E-state index contributed by atoms with van der Waals surface area (Å²) in [6.45, 7) is 2.69. The van der Waals surface area contributed by atoms with Gasteiger partial charge in [0.25, 0.3) is 0 Å². The Hall–Kier alpha value is 0.650. The van der Waals surface area contributed by atoms with Crippen LogP contribution in [0, 0.1) is 6.61 Å². The highest BCUT2D eigenvalue weighted by Crippen LogP contribution is 2.29. The Balaban J connectivity index is 2.37. The average Bonchev–Trinajstić information content (AvgIpc) is 1.90. The number of hydrogen-bond acceptors (Lipinski definition) is 2. The summed E-state index contributed by atoms with van der Waals surface area (Å²) in [6, 6.07) is 0. The van der Waals surface area contributed by atoms with E-state index < -0.39 is 0 Å². The van der Waals surface area contributed by atoms with Crippen molar-refractivity contribution in [1.82, 2.24) is 0 Å². The molecule has 53 valence electrons. The van der Waals surface area contributed by atoms with E-state index in [-0.39, 0.29) is 10.0 Å². The first-order valence-corrected chi connectivity index (χ1v) is 4.08. The zero-order valence-electron chi connectivity index (χ0n) is 5.14. The fourth-order valence-corrected chi connectivity index (χ4v) is 1.30. The molecule has 0 saturated carbocycles. The molecule has 1 heterocycles. The van der Waals surface area contributed by atoms with Gasteiger partial charge in [-0.3, -0.25) is 0 Å². The van der Waals surface area contributed by atoms with Crippen LogP contribution >= 0.6 is 22.6 Å².